The molecule has 2 bridgehead atoms. The molecule has 0 aromatic heterocycles. The van der Waals surface area contributed by atoms with Crippen LogP contribution in [0.1, 0.15) is 6.42 Å². The number of amides is 1. The molecule has 13 heavy (non-hydrogen) atoms. The van der Waals surface area contributed by atoms with Crippen molar-refractivity contribution in [2.24, 2.45) is 5.92 Å². The standard InChI is InChI=1S/C9H16N2O2/c1-10(9(12)13-2)8-6-11-4-3-7(8)5-11/h7-8H,3-6H2,1-2H3. The van der Waals surface area contributed by atoms with Gasteiger partial charge in [-0.1, -0.05) is 0 Å². The largest absolute Gasteiger partial charge is 0.453 e. The molecule has 1 amide bonds. The smallest absolute Gasteiger partial charge is 0.409 e. The fourth-order valence-corrected chi connectivity index (χ4v) is 2.47. The van der Waals surface area contributed by atoms with E-state index in [1.807, 2.05) is 7.05 Å². The van der Waals surface area contributed by atoms with Crippen LogP contribution in [0.25, 0.3) is 0 Å². The molecule has 0 radical (unpaired) electrons. The Morgan fingerprint density at radius 2 is 2.31 bits per heavy atom. The number of likely N-dealkylation sites (N-methyl/N-ethyl adjacent to an activating group) is 1. The number of carbonyl (C=O) groups is 1. The summed E-state index contributed by atoms with van der Waals surface area (Å²) in [4.78, 5) is 15.4. The maximum atomic E-state index is 11.3. The van der Waals surface area contributed by atoms with Crippen molar-refractivity contribution in [2.75, 3.05) is 33.8 Å². The molecule has 3 unspecified atom stereocenters. The van der Waals surface area contributed by atoms with Gasteiger partial charge in [0.05, 0.1) is 13.2 Å². The van der Waals surface area contributed by atoms with Crippen molar-refractivity contribution < 1.29 is 9.53 Å². The topological polar surface area (TPSA) is 32.8 Å². The molecular formula is C9H16N2O2. The van der Waals surface area contributed by atoms with Crippen molar-refractivity contribution in [1.82, 2.24) is 9.80 Å². The number of nitrogens with zero attached hydrogens (tertiary/aromatic N) is 2. The first-order valence-corrected chi connectivity index (χ1v) is 4.75. The van der Waals surface area contributed by atoms with E-state index in [0.29, 0.717) is 12.0 Å². The average molecular weight is 184 g/mol. The minimum absolute atomic E-state index is 0.209. The first kappa shape index (κ1) is 8.81. The molecule has 2 heterocycles. The van der Waals surface area contributed by atoms with Crippen LogP contribution in [0.5, 0.6) is 0 Å². The second-order valence-electron chi connectivity index (χ2n) is 3.96. The molecule has 2 saturated heterocycles. The quantitative estimate of drug-likeness (QED) is 0.591. The van der Waals surface area contributed by atoms with Gasteiger partial charge < -0.3 is 14.5 Å². The van der Waals surface area contributed by atoms with E-state index >= 15 is 0 Å². The highest BCUT2D eigenvalue weighted by molar-refractivity contribution is 5.67. The molecule has 0 aromatic carbocycles. The molecule has 0 aliphatic carbocycles. The Morgan fingerprint density at radius 3 is 2.77 bits per heavy atom. The van der Waals surface area contributed by atoms with E-state index in [2.05, 4.69) is 4.90 Å². The Balaban J connectivity index is 1.98. The molecule has 4 nitrogen and oxygen atoms in total. The van der Waals surface area contributed by atoms with Gasteiger partial charge in [-0.05, 0) is 18.9 Å². The van der Waals surface area contributed by atoms with Crippen LogP contribution in [0.4, 0.5) is 4.79 Å². The summed E-state index contributed by atoms with van der Waals surface area (Å²) in [6.07, 6.45) is 1.02. The van der Waals surface area contributed by atoms with Gasteiger partial charge in [0, 0.05) is 20.1 Å². The lowest BCUT2D eigenvalue weighted by Gasteiger charge is -2.30. The third kappa shape index (κ3) is 1.39. The zero-order chi connectivity index (χ0) is 9.42. The highest BCUT2D eigenvalue weighted by Crippen LogP contribution is 2.30. The number of ether oxygens (including phenoxy) is 1. The van der Waals surface area contributed by atoms with Crippen LogP contribution in [0.2, 0.25) is 0 Å². The maximum Gasteiger partial charge on any atom is 0.409 e. The normalized spacial score (nSPS) is 36.3. The van der Waals surface area contributed by atoms with Gasteiger partial charge >= 0.3 is 6.09 Å². The van der Waals surface area contributed by atoms with Gasteiger partial charge in [0.2, 0.25) is 0 Å². The minimum Gasteiger partial charge on any atom is -0.453 e. The third-order valence-corrected chi connectivity index (χ3v) is 3.26. The summed E-state index contributed by atoms with van der Waals surface area (Å²) in [5.41, 5.74) is 0. The molecule has 2 rings (SSSR count). The number of fused-ring (bicyclic) bond motifs is 2. The molecule has 2 aliphatic heterocycles. The Hall–Kier alpha value is -0.770. The Labute approximate surface area is 78.4 Å². The zero-order valence-corrected chi connectivity index (χ0v) is 8.19. The van der Waals surface area contributed by atoms with Crippen LogP contribution in [-0.2, 0) is 4.74 Å². The van der Waals surface area contributed by atoms with E-state index in [1.165, 1.54) is 20.1 Å². The maximum absolute atomic E-state index is 11.3. The fourth-order valence-electron chi connectivity index (χ4n) is 2.47. The number of rotatable bonds is 1. The van der Waals surface area contributed by atoms with Crippen molar-refractivity contribution in [2.45, 2.75) is 12.5 Å². The van der Waals surface area contributed by atoms with Crippen molar-refractivity contribution in [3.8, 4) is 0 Å². The van der Waals surface area contributed by atoms with E-state index < -0.39 is 0 Å². The average Bonchev–Trinajstić information content (AvgIpc) is 2.76. The number of carbonyl (C=O) groups excluding carboxylic acids is 1. The van der Waals surface area contributed by atoms with Crippen LogP contribution >= 0.6 is 0 Å². The minimum atomic E-state index is -0.209. The summed E-state index contributed by atoms with van der Waals surface area (Å²) in [6, 6.07) is 0.376. The fraction of sp³-hybridized carbons (Fsp3) is 0.889. The molecule has 2 fully saturated rings. The summed E-state index contributed by atoms with van der Waals surface area (Å²) in [7, 11) is 3.27. The van der Waals surface area contributed by atoms with Gasteiger partial charge in [0.1, 0.15) is 0 Å². The van der Waals surface area contributed by atoms with Crippen molar-refractivity contribution >= 4 is 6.09 Å². The van der Waals surface area contributed by atoms with E-state index in [-0.39, 0.29) is 6.09 Å². The first-order chi connectivity index (χ1) is 6.22. The monoisotopic (exact) mass is 184 g/mol. The second-order valence-corrected chi connectivity index (χ2v) is 3.96. The van der Waals surface area contributed by atoms with Crippen molar-refractivity contribution in [3.63, 3.8) is 0 Å². The molecule has 3 atom stereocenters. The zero-order valence-electron chi connectivity index (χ0n) is 8.19. The molecule has 0 aromatic rings. The Morgan fingerprint density at radius 1 is 1.54 bits per heavy atom. The molecule has 2 aliphatic rings. The van der Waals surface area contributed by atoms with Crippen molar-refractivity contribution in [1.29, 1.82) is 0 Å². The van der Waals surface area contributed by atoms with Crippen LogP contribution in [0.15, 0.2) is 0 Å². The predicted octanol–water partition coefficient (Wildman–Crippen LogP) is 0.389. The SMILES string of the molecule is COC(=O)N(C)C1CN2CCC1C2. The molecule has 0 spiro atoms. The van der Waals surface area contributed by atoms with Gasteiger partial charge in [-0.15, -0.1) is 0 Å². The van der Waals surface area contributed by atoms with Gasteiger partial charge in [0.25, 0.3) is 0 Å². The van der Waals surface area contributed by atoms with Crippen molar-refractivity contribution in [3.05, 3.63) is 0 Å². The summed E-state index contributed by atoms with van der Waals surface area (Å²) >= 11 is 0. The van der Waals surface area contributed by atoms with Crippen LogP contribution in [-0.4, -0.2) is 55.7 Å². The summed E-state index contributed by atoms with van der Waals surface area (Å²) in [6.45, 7) is 3.39. The molecule has 0 N–H and O–H groups in total. The van der Waals surface area contributed by atoms with Gasteiger partial charge in [-0.25, -0.2) is 4.79 Å². The van der Waals surface area contributed by atoms with Gasteiger partial charge in [-0.3, -0.25) is 0 Å². The highest BCUT2D eigenvalue weighted by Gasteiger charge is 2.41. The molecule has 74 valence electrons. The van der Waals surface area contributed by atoms with E-state index in [1.54, 1.807) is 4.90 Å². The molecule has 0 saturated carbocycles. The van der Waals surface area contributed by atoms with E-state index in [4.69, 9.17) is 4.74 Å². The third-order valence-electron chi connectivity index (χ3n) is 3.26. The van der Waals surface area contributed by atoms with Gasteiger partial charge in [-0.2, -0.15) is 0 Å². The number of piperidine rings is 1. The van der Waals surface area contributed by atoms with E-state index in [0.717, 1.165) is 13.1 Å². The predicted molar refractivity (Wildman–Crippen MR) is 48.5 cm³/mol. The van der Waals surface area contributed by atoms with Crippen LogP contribution in [0, 0.1) is 5.92 Å². The molecular weight excluding hydrogens is 168 g/mol. The lowest BCUT2D eigenvalue weighted by atomic mass is 9.99. The van der Waals surface area contributed by atoms with Crippen LogP contribution in [0.3, 0.4) is 0 Å². The van der Waals surface area contributed by atoms with E-state index in [9.17, 15) is 4.79 Å². The summed E-state index contributed by atoms with van der Waals surface area (Å²) < 4.78 is 4.70. The number of hydrogen-bond donors (Lipinski definition) is 0. The second kappa shape index (κ2) is 3.18. The lowest BCUT2D eigenvalue weighted by molar-refractivity contribution is 0.104. The highest BCUT2D eigenvalue weighted by atomic mass is 16.5. The first-order valence-electron chi connectivity index (χ1n) is 4.75. The number of methoxy groups -OCH3 is 1. The van der Waals surface area contributed by atoms with Crippen LogP contribution < -0.4 is 0 Å². The molecule has 4 heteroatoms. The van der Waals surface area contributed by atoms with Gasteiger partial charge in [0.15, 0.2) is 0 Å². The summed E-state index contributed by atoms with van der Waals surface area (Å²) in [5.74, 6) is 0.670. The Kier molecular flexibility index (Phi) is 2.15. The Bertz CT molecular complexity index is 220. The summed E-state index contributed by atoms with van der Waals surface area (Å²) in [5, 5.41) is 0. The lowest BCUT2D eigenvalue weighted by Crippen LogP contribution is -2.44. The number of hydrogen-bond acceptors (Lipinski definition) is 3.